The standard InChI is InChI=1S/C13H17N5O2/c1-13(2,3)20-12(19)15-8-10-16-11(18-17-10)9-5-4-6-14-7-9/h4-7H,8H2,1-3H3,(H,15,19)(H,16,17,18). The molecule has 0 aromatic carbocycles. The van der Waals surface area contributed by atoms with Gasteiger partial charge in [0, 0.05) is 18.0 Å². The van der Waals surface area contributed by atoms with Crippen LogP contribution in [0.1, 0.15) is 26.6 Å². The van der Waals surface area contributed by atoms with Crippen LogP contribution in [0.4, 0.5) is 4.79 Å². The van der Waals surface area contributed by atoms with Crippen LogP contribution in [0, 0.1) is 0 Å². The number of hydrogen-bond acceptors (Lipinski definition) is 5. The Morgan fingerprint density at radius 3 is 2.90 bits per heavy atom. The molecule has 0 fully saturated rings. The number of nitrogens with one attached hydrogen (secondary N) is 2. The van der Waals surface area contributed by atoms with Gasteiger partial charge in [-0.25, -0.2) is 9.78 Å². The molecule has 2 N–H and O–H groups in total. The molecule has 2 aromatic rings. The van der Waals surface area contributed by atoms with E-state index in [1.165, 1.54) is 0 Å². The Kier molecular flexibility index (Phi) is 3.97. The molecule has 0 atom stereocenters. The van der Waals surface area contributed by atoms with Gasteiger partial charge in [-0.3, -0.25) is 10.1 Å². The third-order valence-corrected chi connectivity index (χ3v) is 2.25. The molecular formula is C13H17N5O2. The molecule has 0 unspecified atom stereocenters. The van der Waals surface area contributed by atoms with E-state index in [9.17, 15) is 4.79 Å². The molecule has 20 heavy (non-hydrogen) atoms. The van der Waals surface area contributed by atoms with Crippen molar-refractivity contribution in [1.29, 1.82) is 0 Å². The summed E-state index contributed by atoms with van der Waals surface area (Å²) in [7, 11) is 0. The van der Waals surface area contributed by atoms with Crippen LogP contribution >= 0.6 is 0 Å². The van der Waals surface area contributed by atoms with E-state index < -0.39 is 11.7 Å². The molecule has 0 bridgehead atoms. The number of carbonyl (C=O) groups is 1. The number of pyridine rings is 1. The van der Waals surface area contributed by atoms with Crippen molar-refractivity contribution in [3.05, 3.63) is 30.4 Å². The lowest BCUT2D eigenvalue weighted by Gasteiger charge is -2.19. The summed E-state index contributed by atoms with van der Waals surface area (Å²) in [6.45, 7) is 5.65. The molecule has 0 aliphatic carbocycles. The summed E-state index contributed by atoms with van der Waals surface area (Å²) >= 11 is 0. The first-order chi connectivity index (χ1) is 9.44. The van der Waals surface area contributed by atoms with Crippen LogP contribution in [0.3, 0.4) is 0 Å². The number of carbonyl (C=O) groups excluding carboxylic acids is 1. The summed E-state index contributed by atoms with van der Waals surface area (Å²) in [6, 6.07) is 3.67. The molecule has 1 amide bonds. The van der Waals surface area contributed by atoms with E-state index in [1.54, 1.807) is 12.4 Å². The second kappa shape index (κ2) is 5.68. The van der Waals surface area contributed by atoms with Crippen LogP contribution in [0.25, 0.3) is 11.4 Å². The van der Waals surface area contributed by atoms with Gasteiger partial charge in [-0.15, -0.1) is 0 Å². The number of alkyl carbamates (subject to hydrolysis) is 1. The maximum absolute atomic E-state index is 11.5. The Morgan fingerprint density at radius 1 is 1.45 bits per heavy atom. The monoisotopic (exact) mass is 275 g/mol. The minimum Gasteiger partial charge on any atom is -0.444 e. The van der Waals surface area contributed by atoms with E-state index in [0.717, 1.165) is 5.56 Å². The van der Waals surface area contributed by atoms with E-state index in [2.05, 4.69) is 25.5 Å². The number of aromatic nitrogens is 4. The smallest absolute Gasteiger partial charge is 0.408 e. The van der Waals surface area contributed by atoms with Crippen molar-refractivity contribution in [2.75, 3.05) is 0 Å². The van der Waals surface area contributed by atoms with Crippen molar-refractivity contribution in [1.82, 2.24) is 25.5 Å². The zero-order chi connectivity index (χ0) is 14.6. The van der Waals surface area contributed by atoms with E-state index >= 15 is 0 Å². The maximum atomic E-state index is 11.5. The van der Waals surface area contributed by atoms with Gasteiger partial charge in [-0.1, -0.05) is 0 Å². The summed E-state index contributed by atoms with van der Waals surface area (Å²) in [5, 5.41) is 9.44. The second-order valence-corrected chi connectivity index (χ2v) is 5.20. The van der Waals surface area contributed by atoms with Gasteiger partial charge >= 0.3 is 6.09 Å². The zero-order valence-electron chi connectivity index (χ0n) is 11.7. The van der Waals surface area contributed by atoms with Crippen molar-refractivity contribution in [3.63, 3.8) is 0 Å². The van der Waals surface area contributed by atoms with E-state index in [1.807, 2.05) is 32.9 Å². The number of nitrogens with zero attached hydrogens (tertiary/aromatic N) is 3. The van der Waals surface area contributed by atoms with Crippen LogP contribution < -0.4 is 5.32 Å². The van der Waals surface area contributed by atoms with Gasteiger partial charge in [-0.05, 0) is 32.9 Å². The Morgan fingerprint density at radius 2 is 2.25 bits per heavy atom. The van der Waals surface area contributed by atoms with Crippen molar-refractivity contribution in [2.24, 2.45) is 0 Å². The highest BCUT2D eigenvalue weighted by atomic mass is 16.6. The average molecular weight is 275 g/mol. The van der Waals surface area contributed by atoms with E-state index in [4.69, 9.17) is 4.74 Å². The van der Waals surface area contributed by atoms with Crippen LogP contribution in [-0.2, 0) is 11.3 Å². The molecule has 2 aromatic heterocycles. The number of H-pyrrole nitrogens is 1. The largest absolute Gasteiger partial charge is 0.444 e. The molecular weight excluding hydrogens is 258 g/mol. The van der Waals surface area contributed by atoms with Crippen molar-refractivity contribution in [3.8, 4) is 11.4 Å². The molecule has 7 nitrogen and oxygen atoms in total. The normalized spacial score (nSPS) is 11.2. The fraction of sp³-hybridized carbons (Fsp3) is 0.385. The minimum absolute atomic E-state index is 0.224. The molecule has 2 rings (SSSR count). The molecule has 0 saturated heterocycles. The van der Waals surface area contributed by atoms with Gasteiger partial charge in [0.1, 0.15) is 11.4 Å². The number of hydrogen-bond donors (Lipinski definition) is 2. The van der Waals surface area contributed by atoms with Crippen LogP contribution in [0.15, 0.2) is 24.5 Å². The maximum Gasteiger partial charge on any atom is 0.408 e. The second-order valence-electron chi connectivity index (χ2n) is 5.20. The zero-order valence-corrected chi connectivity index (χ0v) is 11.7. The van der Waals surface area contributed by atoms with Gasteiger partial charge < -0.3 is 10.1 Å². The summed E-state index contributed by atoms with van der Waals surface area (Å²) in [5.41, 5.74) is 0.291. The fourth-order valence-corrected chi connectivity index (χ4v) is 1.47. The first kappa shape index (κ1) is 14.0. The molecule has 0 aliphatic heterocycles. The first-order valence-electron chi connectivity index (χ1n) is 6.22. The van der Waals surface area contributed by atoms with Crippen LogP contribution in [0.5, 0.6) is 0 Å². The predicted molar refractivity (Wildman–Crippen MR) is 72.7 cm³/mol. The highest BCUT2D eigenvalue weighted by Gasteiger charge is 2.16. The summed E-state index contributed by atoms with van der Waals surface area (Å²) in [4.78, 5) is 19.8. The Labute approximate surface area is 116 Å². The lowest BCUT2D eigenvalue weighted by molar-refractivity contribution is 0.0522. The molecule has 2 heterocycles. The van der Waals surface area contributed by atoms with Gasteiger partial charge in [0.15, 0.2) is 5.82 Å². The van der Waals surface area contributed by atoms with Gasteiger partial charge in [0.25, 0.3) is 0 Å². The molecule has 0 spiro atoms. The Bertz CT molecular complexity index is 574. The fourth-order valence-electron chi connectivity index (χ4n) is 1.47. The number of amides is 1. The predicted octanol–water partition coefficient (Wildman–Crippen LogP) is 1.89. The van der Waals surface area contributed by atoms with Crippen LogP contribution in [-0.4, -0.2) is 31.9 Å². The van der Waals surface area contributed by atoms with E-state index in [0.29, 0.717) is 11.6 Å². The first-order valence-corrected chi connectivity index (χ1v) is 6.22. The van der Waals surface area contributed by atoms with Crippen LogP contribution in [0.2, 0.25) is 0 Å². The van der Waals surface area contributed by atoms with Gasteiger partial charge in [0.2, 0.25) is 0 Å². The molecule has 0 saturated carbocycles. The van der Waals surface area contributed by atoms with Crippen molar-refractivity contribution < 1.29 is 9.53 Å². The third-order valence-electron chi connectivity index (χ3n) is 2.25. The van der Waals surface area contributed by atoms with Crippen molar-refractivity contribution >= 4 is 6.09 Å². The Hall–Kier alpha value is -2.44. The highest BCUT2D eigenvalue weighted by Crippen LogP contribution is 2.12. The summed E-state index contributed by atoms with van der Waals surface area (Å²) in [6.07, 6.45) is 2.87. The van der Waals surface area contributed by atoms with Crippen molar-refractivity contribution in [2.45, 2.75) is 32.9 Å². The molecule has 7 heteroatoms. The molecule has 0 aliphatic rings. The quantitative estimate of drug-likeness (QED) is 0.892. The summed E-state index contributed by atoms with van der Waals surface area (Å²) < 4.78 is 5.13. The molecule has 106 valence electrons. The lowest BCUT2D eigenvalue weighted by Crippen LogP contribution is -2.32. The van der Waals surface area contributed by atoms with Gasteiger partial charge in [-0.2, -0.15) is 5.10 Å². The minimum atomic E-state index is -0.521. The SMILES string of the molecule is CC(C)(C)OC(=O)NCc1nc(-c2cccnc2)n[nH]1. The van der Waals surface area contributed by atoms with E-state index in [-0.39, 0.29) is 6.54 Å². The lowest BCUT2D eigenvalue weighted by atomic mass is 10.2. The molecule has 0 radical (unpaired) electrons. The number of aromatic amines is 1. The Balaban J connectivity index is 1.92. The third kappa shape index (κ3) is 4.04. The topological polar surface area (TPSA) is 92.8 Å². The number of rotatable bonds is 3. The average Bonchev–Trinajstić information content (AvgIpc) is 2.84. The van der Waals surface area contributed by atoms with Gasteiger partial charge in [0.05, 0.1) is 6.54 Å². The number of ether oxygens (including phenoxy) is 1. The highest BCUT2D eigenvalue weighted by molar-refractivity contribution is 5.67. The summed E-state index contributed by atoms with van der Waals surface area (Å²) in [5.74, 6) is 1.09.